The van der Waals surface area contributed by atoms with Crippen molar-refractivity contribution in [3.63, 3.8) is 0 Å². The van der Waals surface area contributed by atoms with Crippen LogP contribution in [0.2, 0.25) is 10.0 Å². The third-order valence-electron chi connectivity index (χ3n) is 6.11. The molecule has 1 aliphatic heterocycles. The summed E-state index contributed by atoms with van der Waals surface area (Å²) in [6.45, 7) is 7.22. The van der Waals surface area contributed by atoms with Crippen molar-refractivity contribution in [3.8, 4) is 6.01 Å². The Labute approximate surface area is 227 Å². The highest BCUT2D eigenvalue weighted by molar-refractivity contribution is 7.89. The molecule has 0 amide bonds. The van der Waals surface area contributed by atoms with Gasteiger partial charge in [-0.25, -0.2) is 13.1 Å². The Kier molecular flexibility index (Phi) is 9.80. The highest BCUT2D eigenvalue weighted by atomic mass is 35.5. The number of halogens is 2. The fourth-order valence-corrected chi connectivity index (χ4v) is 5.76. The Morgan fingerprint density at radius 1 is 1.08 bits per heavy atom. The van der Waals surface area contributed by atoms with Gasteiger partial charge in [0.15, 0.2) is 5.82 Å². The quantitative estimate of drug-likeness (QED) is 0.330. The van der Waals surface area contributed by atoms with Crippen LogP contribution in [-0.4, -0.2) is 67.5 Å². The molecule has 200 valence electrons. The van der Waals surface area contributed by atoms with Crippen LogP contribution in [0.3, 0.4) is 0 Å². The minimum absolute atomic E-state index is 0.0158. The van der Waals surface area contributed by atoms with Gasteiger partial charge in [0.25, 0.3) is 0 Å². The minimum Gasteiger partial charge on any atom is -0.464 e. The average Bonchev–Trinajstić information content (AvgIpc) is 3.32. The van der Waals surface area contributed by atoms with Gasteiger partial charge >= 0.3 is 6.01 Å². The number of nitrogens with zero attached hydrogens (tertiary/aromatic N) is 4. The van der Waals surface area contributed by atoms with Gasteiger partial charge in [0.1, 0.15) is 0 Å². The molecule has 1 aromatic heterocycles. The summed E-state index contributed by atoms with van der Waals surface area (Å²) in [6.07, 6.45) is 1.21. The largest absolute Gasteiger partial charge is 0.464 e. The first-order valence-corrected chi connectivity index (χ1v) is 14.5. The molecular weight excluding hydrogens is 537 g/mol. The molecule has 1 aliphatic rings. The van der Waals surface area contributed by atoms with Crippen LogP contribution in [0.1, 0.15) is 30.8 Å². The van der Waals surface area contributed by atoms with Gasteiger partial charge in [0.2, 0.25) is 10.0 Å². The summed E-state index contributed by atoms with van der Waals surface area (Å²) < 4.78 is 42.6. The first kappa shape index (κ1) is 27.8. The molecular formula is C25H31Cl2N5O4S. The summed E-state index contributed by atoms with van der Waals surface area (Å²) in [6, 6.07) is 13.5. The molecule has 0 spiro atoms. The fourth-order valence-electron chi connectivity index (χ4n) is 4.17. The number of morpholine rings is 1. The van der Waals surface area contributed by atoms with Crippen LogP contribution in [0.4, 0.5) is 0 Å². The molecule has 37 heavy (non-hydrogen) atoms. The number of sulfonamides is 1. The molecule has 3 aromatic rings. The van der Waals surface area contributed by atoms with E-state index < -0.39 is 16.1 Å². The van der Waals surface area contributed by atoms with Gasteiger partial charge in [0, 0.05) is 26.2 Å². The number of hydrogen-bond acceptors (Lipinski definition) is 7. The van der Waals surface area contributed by atoms with Gasteiger partial charge < -0.3 is 9.47 Å². The molecule has 0 aliphatic carbocycles. The van der Waals surface area contributed by atoms with Gasteiger partial charge in [-0.3, -0.25) is 9.47 Å². The van der Waals surface area contributed by atoms with E-state index in [1.807, 2.05) is 37.3 Å². The molecule has 2 heterocycles. The normalized spacial score (nSPS) is 15.5. The van der Waals surface area contributed by atoms with E-state index in [9.17, 15) is 8.42 Å². The molecule has 1 fully saturated rings. The lowest BCUT2D eigenvalue weighted by Crippen LogP contribution is -2.37. The van der Waals surface area contributed by atoms with Crippen molar-refractivity contribution in [1.29, 1.82) is 0 Å². The second-order valence-corrected chi connectivity index (χ2v) is 11.2. The highest BCUT2D eigenvalue weighted by Crippen LogP contribution is 2.27. The number of benzene rings is 2. The topological polar surface area (TPSA) is 98.6 Å². The lowest BCUT2D eigenvalue weighted by atomic mass is 10.1. The zero-order chi connectivity index (χ0) is 26.3. The van der Waals surface area contributed by atoms with E-state index in [4.69, 9.17) is 32.7 Å². The van der Waals surface area contributed by atoms with Crippen LogP contribution in [0.15, 0.2) is 53.4 Å². The van der Waals surface area contributed by atoms with Crippen LogP contribution < -0.4 is 9.46 Å². The first-order valence-electron chi connectivity index (χ1n) is 12.2. The van der Waals surface area contributed by atoms with Gasteiger partial charge in [-0.1, -0.05) is 58.6 Å². The number of ether oxygens (including phenoxy) is 2. The van der Waals surface area contributed by atoms with Gasteiger partial charge in [0.05, 0.1) is 40.8 Å². The molecule has 0 saturated carbocycles. The third-order valence-corrected chi connectivity index (χ3v) is 8.32. The van der Waals surface area contributed by atoms with Crippen molar-refractivity contribution < 1.29 is 17.9 Å². The third kappa shape index (κ3) is 7.43. The molecule has 2 aromatic carbocycles. The summed E-state index contributed by atoms with van der Waals surface area (Å²) in [4.78, 5) is 2.36. The summed E-state index contributed by atoms with van der Waals surface area (Å²) in [5.41, 5.74) is 0.947. The molecule has 9 nitrogen and oxygen atoms in total. The SMILES string of the molecule is CCn1c(OCCCN2CCOCC2)nnc1[C@@H](Cc1ccccc1)NS(=O)(=O)c1ccc(Cl)c(Cl)c1. The van der Waals surface area contributed by atoms with Crippen molar-refractivity contribution in [2.75, 3.05) is 39.5 Å². The number of aromatic nitrogens is 3. The van der Waals surface area contributed by atoms with E-state index in [-0.39, 0.29) is 14.9 Å². The van der Waals surface area contributed by atoms with Crippen molar-refractivity contribution >= 4 is 33.2 Å². The van der Waals surface area contributed by atoms with Gasteiger partial charge in [-0.15, -0.1) is 5.10 Å². The molecule has 4 rings (SSSR count). The van der Waals surface area contributed by atoms with Gasteiger partial charge in [-0.05, 0) is 43.5 Å². The smallest absolute Gasteiger partial charge is 0.316 e. The van der Waals surface area contributed by atoms with Crippen LogP contribution >= 0.6 is 23.2 Å². The van der Waals surface area contributed by atoms with Gasteiger partial charge in [-0.2, -0.15) is 0 Å². The minimum atomic E-state index is -3.95. The number of rotatable bonds is 12. The maximum absolute atomic E-state index is 13.3. The average molecular weight is 569 g/mol. The molecule has 1 atom stereocenters. The van der Waals surface area contributed by atoms with E-state index in [0.29, 0.717) is 31.4 Å². The maximum atomic E-state index is 13.3. The highest BCUT2D eigenvalue weighted by Gasteiger charge is 2.28. The second kappa shape index (κ2) is 13.0. The Hall–Kier alpha value is -2.21. The van der Waals surface area contributed by atoms with E-state index in [0.717, 1.165) is 44.8 Å². The molecule has 0 unspecified atom stereocenters. The molecule has 12 heteroatoms. The fraction of sp³-hybridized carbons (Fsp3) is 0.440. The summed E-state index contributed by atoms with van der Waals surface area (Å²) in [5, 5.41) is 9.04. The van der Waals surface area contributed by atoms with E-state index in [1.54, 1.807) is 4.57 Å². The van der Waals surface area contributed by atoms with Crippen molar-refractivity contribution in [1.82, 2.24) is 24.4 Å². The first-order chi connectivity index (χ1) is 17.9. The molecule has 1 N–H and O–H groups in total. The Morgan fingerprint density at radius 2 is 1.84 bits per heavy atom. The van der Waals surface area contributed by atoms with Crippen LogP contribution in [0.5, 0.6) is 6.01 Å². The van der Waals surface area contributed by atoms with Crippen LogP contribution in [-0.2, 0) is 27.7 Å². The number of nitrogens with one attached hydrogen (secondary N) is 1. The van der Waals surface area contributed by atoms with Crippen LogP contribution in [0.25, 0.3) is 0 Å². The monoisotopic (exact) mass is 567 g/mol. The van der Waals surface area contributed by atoms with E-state index in [2.05, 4.69) is 19.8 Å². The van der Waals surface area contributed by atoms with Crippen LogP contribution in [0, 0.1) is 0 Å². The standard InChI is InChI=1S/C25H31Cl2N5O4S/c1-2-32-24(28-29-25(32)36-14-6-11-31-12-15-35-16-13-31)23(17-19-7-4-3-5-8-19)30-37(33,34)20-9-10-21(26)22(27)18-20/h3-5,7-10,18,23,30H,2,6,11-17H2,1H3/t23-/m1/s1. The molecule has 0 radical (unpaired) electrons. The summed E-state index contributed by atoms with van der Waals surface area (Å²) >= 11 is 12.1. The predicted octanol–water partition coefficient (Wildman–Crippen LogP) is 3.97. The lowest BCUT2D eigenvalue weighted by molar-refractivity contribution is 0.0355. The lowest BCUT2D eigenvalue weighted by Gasteiger charge is -2.26. The molecule has 1 saturated heterocycles. The Morgan fingerprint density at radius 3 is 2.54 bits per heavy atom. The Balaban J connectivity index is 1.53. The van der Waals surface area contributed by atoms with Crippen molar-refractivity contribution in [2.45, 2.75) is 37.2 Å². The Bertz CT molecular complexity index is 1270. The maximum Gasteiger partial charge on any atom is 0.316 e. The van der Waals surface area contributed by atoms with Crippen molar-refractivity contribution in [3.05, 3.63) is 70.0 Å². The second-order valence-electron chi connectivity index (χ2n) is 8.68. The zero-order valence-electron chi connectivity index (χ0n) is 20.6. The summed E-state index contributed by atoms with van der Waals surface area (Å²) in [7, 11) is -3.95. The van der Waals surface area contributed by atoms with E-state index >= 15 is 0 Å². The zero-order valence-corrected chi connectivity index (χ0v) is 23.0. The van der Waals surface area contributed by atoms with Crippen molar-refractivity contribution in [2.24, 2.45) is 0 Å². The summed E-state index contributed by atoms with van der Waals surface area (Å²) in [5.74, 6) is 0.471. The van der Waals surface area contributed by atoms with E-state index in [1.165, 1.54) is 18.2 Å². The number of hydrogen-bond donors (Lipinski definition) is 1. The molecule has 0 bridgehead atoms. The predicted molar refractivity (Wildman–Crippen MR) is 143 cm³/mol.